The lowest BCUT2D eigenvalue weighted by Gasteiger charge is -2.09. The molecule has 1 aliphatic rings. The fraction of sp³-hybridized carbons (Fsp3) is 1.00. The number of ether oxygens (including phenoxy) is 3. The molecule has 0 aromatic rings. The Bertz CT molecular complexity index is 149. The quantitative estimate of drug-likeness (QED) is 0.571. The zero-order chi connectivity index (χ0) is 11.5. The van der Waals surface area contributed by atoms with Gasteiger partial charge in [0.1, 0.15) is 0 Å². The summed E-state index contributed by atoms with van der Waals surface area (Å²) in [6.45, 7) is 6.31. The van der Waals surface area contributed by atoms with Crippen LogP contribution in [0.5, 0.6) is 0 Å². The van der Waals surface area contributed by atoms with Crippen molar-refractivity contribution in [1.82, 2.24) is 5.32 Å². The Labute approximate surface area is 98.6 Å². The fourth-order valence-corrected chi connectivity index (χ4v) is 1.79. The smallest absolute Gasteiger partial charge is 0.0590 e. The molecule has 1 unspecified atom stereocenters. The Hall–Kier alpha value is -0.160. The van der Waals surface area contributed by atoms with Gasteiger partial charge in [-0.2, -0.15) is 0 Å². The third-order valence-corrected chi connectivity index (χ3v) is 2.81. The van der Waals surface area contributed by atoms with Gasteiger partial charge in [-0.05, 0) is 31.7 Å². The number of hydrogen-bond donors (Lipinski definition) is 1. The summed E-state index contributed by atoms with van der Waals surface area (Å²) in [7, 11) is 1.72. The van der Waals surface area contributed by atoms with Crippen LogP contribution in [-0.2, 0) is 14.2 Å². The number of methoxy groups -OCH3 is 1. The van der Waals surface area contributed by atoms with Crippen molar-refractivity contribution in [3.63, 3.8) is 0 Å². The molecule has 0 aliphatic carbocycles. The molecule has 0 bridgehead atoms. The molecule has 4 nitrogen and oxygen atoms in total. The summed E-state index contributed by atoms with van der Waals surface area (Å²) in [5, 5.41) is 3.39. The maximum atomic E-state index is 5.44. The third kappa shape index (κ3) is 7.17. The van der Waals surface area contributed by atoms with Gasteiger partial charge in [0, 0.05) is 40.1 Å². The number of nitrogens with one attached hydrogen (secondary N) is 1. The minimum absolute atomic E-state index is 0.773. The van der Waals surface area contributed by atoms with Gasteiger partial charge in [-0.25, -0.2) is 0 Å². The minimum Gasteiger partial charge on any atom is -0.385 e. The molecule has 0 spiro atoms. The monoisotopic (exact) mass is 231 g/mol. The predicted octanol–water partition coefficient (Wildman–Crippen LogP) is 1.06. The van der Waals surface area contributed by atoms with Gasteiger partial charge in [0.15, 0.2) is 0 Å². The van der Waals surface area contributed by atoms with E-state index in [-0.39, 0.29) is 0 Å². The minimum atomic E-state index is 0.773. The average Bonchev–Trinajstić information content (AvgIpc) is 2.80. The van der Waals surface area contributed by atoms with Crippen molar-refractivity contribution < 1.29 is 14.2 Å². The molecule has 1 saturated heterocycles. The van der Waals surface area contributed by atoms with Gasteiger partial charge in [-0.3, -0.25) is 0 Å². The Morgan fingerprint density at radius 3 is 2.94 bits per heavy atom. The third-order valence-electron chi connectivity index (χ3n) is 2.81. The van der Waals surface area contributed by atoms with Crippen LogP contribution in [-0.4, -0.2) is 53.2 Å². The maximum Gasteiger partial charge on any atom is 0.0590 e. The first-order valence-electron chi connectivity index (χ1n) is 6.28. The highest BCUT2D eigenvalue weighted by Gasteiger charge is 2.14. The Kier molecular flexibility index (Phi) is 8.71. The molecule has 1 atom stereocenters. The highest BCUT2D eigenvalue weighted by atomic mass is 16.5. The van der Waals surface area contributed by atoms with E-state index >= 15 is 0 Å². The second kappa shape index (κ2) is 10.0. The van der Waals surface area contributed by atoms with E-state index in [0.717, 1.165) is 58.5 Å². The van der Waals surface area contributed by atoms with E-state index in [1.54, 1.807) is 7.11 Å². The van der Waals surface area contributed by atoms with E-state index in [4.69, 9.17) is 14.2 Å². The lowest BCUT2D eigenvalue weighted by atomic mass is 10.1. The molecular formula is C12H25NO3. The van der Waals surface area contributed by atoms with Crippen molar-refractivity contribution in [2.24, 2.45) is 5.92 Å². The van der Waals surface area contributed by atoms with E-state index in [0.29, 0.717) is 0 Å². The largest absolute Gasteiger partial charge is 0.385 e. The number of rotatable bonds is 10. The molecule has 4 heteroatoms. The first-order chi connectivity index (χ1) is 7.93. The van der Waals surface area contributed by atoms with Gasteiger partial charge in [0.25, 0.3) is 0 Å². The summed E-state index contributed by atoms with van der Waals surface area (Å²) in [5.41, 5.74) is 0. The molecule has 0 saturated carbocycles. The topological polar surface area (TPSA) is 39.7 Å². The normalized spacial score (nSPS) is 20.4. The molecule has 1 aliphatic heterocycles. The van der Waals surface area contributed by atoms with Crippen LogP contribution >= 0.6 is 0 Å². The van der Waals surface area contributed by atoms with Crippen LogP contribution in [0, 0.1) is 5.92 Å². The van der Waals surface area contributed by atoms with Crippen molar-refractivity contribution in [1.29, 1.82) is 0 Å². The lowest BCUT2D eigenvalue weighted by Crippen LogP contribution is -2.23. The zero-order valence-electron chi connectivity index (χ0n) is 10.4. The fourth-order valence-electron chi connectivity index (χ4n) is 1.79. The van der Waals surface area contributed by atoms with Crippen LogP contribution in [0.1, 0.15) is 19.3 Å². The summed E-state index contributed by atoms with van der Waals surface area (Å²) in [6.07, 6.45) is 3.44. The van der Waals surface area contributed by atoms with Crippen LogP contribution < -0.4 is 5.32 Å². The van der Waals surface area contributed by atoms with E-state index in [9.17, 15) is 0 Å². The van der Waals surface area contributed by atoms with Crippen LogP contribution in [0.4, 0.5) is 0 Å². The molecular weight excluding hydrogens is 206 g/mol. The Balaban J connectivity index is 1.71. The van der Waals surface area contributed by atoms with Crippen LogP contribution in [0.3, 0.4) is 0 Å². The van der Waals surface area contributed by atoms with E-state index in [2.05, 4.69) is 5.32 Å². The highest BCUT2D eigenvalue weighted by Crippen LogP contribution is 2.14. The van der Waals surface area contributed by atoms with Gasteiger partial charge in [0.05, 0.1) is 6.61 Å². The van der Waals surface area contributed by atoms with Crippen molar-refractivity contribution in [2.45, 2.75) is 19.3 Å². The second-order valence-corrected chi connectivity index (χ2v) is 4.23. The first kappa shape index (κ1) is 13.9. The summed E-state index contributed by atoms with van der Waals surface area (Å²) in [4.78, 5) is 0. The summed E-state index contributed by atoms with van der Waals surface area (Å²) >= 11 is 0. The predicted molar refractivity (Wildman–Crippen MR) is 63.7 cm³/mol. The van der Waals surface area contributed by atoms with Gasteiger partial charge in [-0.15, -0.1) is 0 Å². The molecule has 1 fully saturated rings. The molecule has 16 heavy (non-hydrogen) atoms. The SMILES string of the molecule is COCCCOCCNCCC1CCOC1. The van der Waals surface area contributed by atoms with E-state index in [1.165, 1.54) is 12.8 Å². The van der Waals surface area contributed by atoms with Crippen LogP contribution in [0.15, 0.2) is 0 Å². The molecule has 0 aromatic heterocycles. The van der Waals surface area contributed by atoms with Gasteiger partial charge >= 0.3 is 0 Å². The van der Waals surface area contributed by atoms with Gasteiger partial charge < -0.3 is 19.5 Å². The van der Waals surface area contributed by atoms with E-state index < -0.39 is 0 Å². The summed E-state index contributed by atoms with van der Waals surface area (Å²) in [5.74, 6) is 0.773. The zero-order valence-corrected chi connectivity index (χ0v) is 10.4. The first-order valence-corrected chi connectivity index (χ1v) is 6.28. The molecule has 0 radical (unpaired) electrons. The van der Waals surface area contributed by atoms with Gasteiger partial charge in [-0.1, -0.05) is 0 Å². The molecule has 96 valence electrons. The van der Waals surface area contributed by atoms with Crippen molar-refractivity contribution >= 4 is 0 Å². The number of hydrogen-bond acceptors (Lipinski definition) is 4. The highest BCUT2D eigenvalue weighted by molar-refractivity contribution is 4.65. The summed E-state index contributed by atoms with van der Waals surface area (Å²) in [6, 6.07) is 0. The molecule has 1 N–H and O–H groups in total. The lowest BCUT2D eigenvalue weighted by molar-refractivity contribution is 0.104. The van der Waals surface area contributed by atoms with Gasteiger partial charge in [0.2, 0.25) is 0 Å². The van der Waals surface area contributed by atoms with E-state index in [1.807, 2.05) is 0 Å². The van der Waals surface area contributed by atoms with Crippen LogP contribution in [0.2, 0.25) is 0 Å². The van der Waals surface area contributed by atoms with Crippen molar-refractivity contribution in [3.8, 4) is 0 Å². The molecule has 0 amide bonds. The van der Waals surface area contributed by atoms with Crippen molar-refractivity contribution in [2.75, 3.05) is 53.2 Å². The molecule has 0 aromatic carbocycles. The average molecular weight is 231 g/mol. The van der Waals surface area contributed by atoms with Crippen molar-refractivity contribution in [3.05, 3.63) is 0 Å². The van der Waals surface area contributed by atoms with Crippen LogP contribution in [0.25, 0.3) is 0 Å². The standard InChI is InChI=1S/C12H25NO3/c1-14-7-2-8-15-10-6-13-5-3-12-4-9-16-11-12/h12-13H,2-11H2,1H3. The Morgan fingerprint density at radius 1 is 1.25 bits per heavy atom. The summed E-state index contributed by atoms with van der Waals surface area (Å²) < 4.78 is 15.7. The Morgan fingerprint density at radius 2 is 2.19 bits per heavy atom. The maximum absolute atomic E-state index is 5.44. The molecule has 1 heterocycles. The molecule has 1 rings (SSSR count). The second-order valence-electron chi connectivity index (χ2n) is 4.23.